The third-order valence-electron chi connectivity index (χ3n) is 5.08. The van der Waals surface area contributed by atoms with Gasteiger partial charge in [0.15, 0.2) is 0 Å². The molecule has 0 saturated carbocycles. The maximum atomic E-state index is 12.7. The first-order valence-electron chi connectivity index (χ1n) is 9.37. The number of amides is 2. The molecule has 1 fully saturated rings. The van der Waals surface area contributed by atoms with Crippen LogP contribution in [-0.2, 0) is 4.79 Å². The number of nitrogens with one attached hydrogen (secondary N) is 2. The van der Waals surface area contributed by atoms with Gasteiger partial charge >= 0.3 is 0 Å². The van der Waals surface area contributed by atoms with Crippen LogP contribution in [0.2, 0.25) is 0 Å². The molecule has 1 aromatic rings. The number of benzene rings is 1. The molecule has 1 atom stereocenters. The fraction of sp³-hybridized carbons (Fsp3) is 0.600. The zero-order valence-electron chi connectivity index (χ0n) is 15.8. The summed E-state index contributed by atoms with van der Waals surface area (Å²) in [5.41, 5.74) is 1.12. The van der Waals surface area contributed by atoms with Gasteiger partial charge in [0.25, 0.3) is 5.91 Å². The van der Waals surface area contributed by atoms with Gasteiger partial charge in [0.05, 0.1) is 11.3 Å². The second-order valence-electron chi connectivity index (χ2n) is 7.22. The quantitative estimate of drug-likeness (QED) is 0.832. The zero-order valence-corrected chi connectivity index (χ0v) is 15.8. The fourth-order valence-electron chi connectivity index (χ4n) is 3.05. The van der Waals surface area contributed by atoms with Crippen molar-refractivity contribution in [3.05, 3.63) is 29.8 Å². The molecule has 25 heavy (non-hydrogen) atoms. The van der Waals surface area contributed by atoms with Crippen molar-refractivity contribution >= 4 is 17.5 Å². The van der Waals surface area contributed by atoms with E-state index < -0.39 is 0 Å². The first kappa shape index (κ1) is 19.4. The molecule has 138 valence electrons. The Morgan fingerprint density at radius 2 is 1.80 bits per heavy atom. The van der Waals surface area contributed by atoms with Gasteiger partial charge in [-0.3, -0.25) is 9.59 Å². The molecule has 1 aromatic carbocycles. The van der Waals surface area contributed by atoms with E-state index in [1.54, 1.807) is 12.1 Å². The molecule has 0 aliphatic carbocycles. The Kier molecular flexibility index (Phi) is 7.00. The number of likely N-dealkylation sites (tertiary alicyclic amines) is 1. The van der Waals surface area contributed by atoms with Gasteiger partial charge in [-0.15, -0.1) is 0 Å². The van der Waals surface area contributed by atoms with Crippen LogP contribution in [0.15, 0.2) is 24.3 Å². The lowest BCUT2D eigenvalue weighted by molar-refractivity contribution is -0.119. The normalized spacial score (nSPS) is 17.3. The SMILES string of the molecule is CCC(C)C(=O)Nc1ccccc1C(=O)NC1CCN(C(C)C)CC1. The molecule has 1 heterocycles. The summed E-state index contributed by atoms with van der Waals surface area (Å²) in [6.07, 6.45) is 2.70. The minimum absolute atomic E-state index is 0.0482. The van der Waals surface area contributed by atoms with Gasteiger partial charge in [-0.2, -0.15) is 0 Å². The van der Waals surface area contributed by atoms with Crippen molar-refractivity contribution in [2.24, 2.45) is 5.92 Å². The van der Waals surface area contributed by atoms with E-state index in [-0.39, 0.29) is 23.8 Å². The highest BCUT2D eigenvalue weighted by atomic mass is 16.2. The molecule has 2 N–H and O–H groups in total. The van der Waals surface area contributed by atoms with Crippen LogP contribution >= 0.6 is 0 Å². The van der Waals surface area contributed by atoms with Gasteiger partial charge in [-0.25, -0.2) is 0 Å². The molecule has 0 spiro atoms. The van der Waals surface area contributed by atoms with E-state index in [0.29, 0.717) is 17.3 Å². The maximum absolute atomic E-state index is 12.7. The van der Waals surface area contributed by atoms with Crippen LogP contribution in [0.1, 0.15) is 57.3 Å². The van der Waals surface area contributed by atoms with Crippen LogP contribution in [0.4, 0.5) is 5.69 Å². The van der Waals surface area contributed by atoms with E-state index in [9.17, 15) is 9.59 Å². The van der Waals surface area contributed by atoms with Crippen molar-refractivity contribution in [3.8, 4) is 0 Å². The molecular weight excluding hydrogens is 314 g/mol. The van der Waals surface area contributed by atoms with Gasteiger partial charge in [0.2, 0.25) is 5.91 Å². The van der Waals surface area contributed by atoms with Crippen molar-refractivity contribution < 1.29 is 9.59 Å². The highest BCUT2D eigenvalue weighted by Crippen LogP contribution is 2.19. The van der Waals surface area contributed by atoms with Crippen LogP contribution < -0.4 is 10.6 Å². The second-order valence-corrected chi connectivity index (χ2v) is 7.22. The summed E-state index contributed by atoms with van der Waals surface area (Å²) in [4.78, 5) is 27.3. The van der Waals surface area contributed by atoms with E-state index >= 15 is 0 Å². The summed E-state index contributed by atoms with van der Waals surface area (Å²) >= 11 is 0. The monoisotopic (exact) mass is 345 g/mol. The number of carbonyl (C=O) groups is 2. The molecular formula is C20H31N3O2. The Labute approximate surface area is 151 Å². The van der Waals surface area contributed by atoms with Crippen LogP contribution in [0.3, 0.4) is 0 Å². The molecule has 1 saturated heterocycles. The Balaban J connectivity index is 1.99. The number of rotatable bonds is 6. The molecule has 0 bridgehead atoms. The van der Waals surface area contributed by atoms with Crippen molar-refractivity contribution in [2.75, 3.05) is 18.4 Å². The molecule has 2 rings (SSSR count). The van der Waals surface area contributed by atoms with Crippen LogP contribution in [0, 0.1) is 5.92 Å². The lowest BCUT2D eigenvalue weighted by Crippen LogP contribution is -2.46. The second kappa shape index (κ2) is 8.99. The predicted octanol–water partition coefficient (Wildman–Crippen LogP) is 3.27. The molecule has 0 radical (unpaired) electrons. The summed E-state index contributed by atoms with van der Waals surface area (Å²) in [6, 6.07) is 7.97. The van der Waals surface area contributed by atoms with Crippen LogP contribution in [-0.4, -0.2) is 41.9 Å². The zero-order chi connectivity index (χ0) is 18.4. The highest BCUT2D eigenvalue weighted by molar-refractivity contribution is 6.04. The average molecular weight is 345 g/mol. The third-order valence-corrected chi connectivity index (χ3v) is 5.08. The van der Waals surface area contributed by atoms with Crippen molar-refractivity contribution in [2.45, 2.75) is 59.0 Å². The van der Waals surface area contributed by atoms with Crippen LogP contribution in [0.5, 0.6) is 0 Å². The van der Waals surface area contributed by atoms with Gasteiger partial charge in [-0.05, 0) is 45.2 Å². The maximum Gasteiger partial charge on any atom is 0.253 e. The van der Waals surface area contributed by atoms with Gasteiger partial charge < -0.3 is 15.5 Å². The minimum Gasteiger partial charge on any atom is -0.349 e. The van der Waals surface area contributed by atoms with E-state index in [4.69, 9.17) is 0 Å². The molecule has 2 amide bonds. The van der Waals surface area contributed by atoms with Crippen molar-refractivity contribution in [1.29, 1.82) is 0 Å². The molecule has 1 aliphatic rings. The van der Waals surface area contributed by atoms with E-state index in [0.717, 1.165) is 32.4 Å². The number of anilines is 1. The lowest BCUT2D eigenvalue weighted by Gasteiger charge is -2.34. The Morgan fingerprint density at radius 3 is 2.40 bits per heavy atom. The standard InChI is InChI=1S/C20H31N3O2/c1-5-15(4)19(24)22-18-9-7-6-8-17(18)20(25)21-16-10-12-23(13-11-16)14(2)3/h6-9,14-16H,5,10-13H2,1-4H3,(H,21,25)(H,22,24). The average Bonchev–Trinajstić information content (AvgIpc) is 2.61. The summed E-state index contributed by atoms with van der Waals surface area (Å²) in [7, 11) is 0. The molecule has 1 unspecified atom stereocenters. The van der Waals surface area contributed by atoms with E-state index in [1.165, 1.54) is 0 Å². The smallest absolute Gasteiger partial charge is 0.253 e. The van der Waals surface area contributed by atoms with Crippen molar-refractivity contribution in [1.82, 2.24) is 10.2 Å². The van der Waals surface area contributed by atoms with Gasteiger partial charge in [0.1, 0.15) is 0 Å². The summed E-state index contributed by atoms with van der Waals surface area (Å²) in [5.74, 6) is -0.229. The first-order chi connectivity index (χ1) is 11.9. The topological polar surface area (TPSA) is 61.4 Å². The molecule has 5 heteroatoms. The summed E-state index contributed by atoms with van der Waals surface area (Å²) in [5, 5.41) is 6.03. The molecule has 1 aliphatic heterocycles. The number of carbonyl (C=O) groups excluding carboxylic acids is 2. The fourth-order valence-corrected chi connectivity index (χ4v) is 3.05. The number of hydrogen-bond donors (Lipinski definition) is 2. The summed E-state index contributed by atoms with van der Waals surface area (Å²) in [6.45, 7) is 10.3. The largest absolute Gasteiger partial charge is 0.349 e. The number of nitrogens with zero attached hydrogens (tertiary/aromatic N) is 1. The Morgan fingerprint density at radius 1 is 1.16 bits per heavy atom. The number of hydrogen-bond acceptors (Lipinski definition) is 3. The van der Waals surface area contributed by atoms with Crippen LogP contribution in [0.25, 0.3) is 0 Å². The summed E-state index contributed by atoms with van der Waals surface area (Å²) < 4.78 is 0. The third kappa shape index (κ3) is 5.30. The molecule has 0 aromatic heterocycles. The van der Waals surface area contributed by atoms with Gasteiger partial charge in [0, 0.05) is 31.1 Å². The predicted molar refractivity (Wildman–Crippen MR) is 102 cm³/mol. The first-order valence-corrected chi connectivity index (χ1v) is 9.37. The Bertz CT molecular complexity index is 592. The number of piperidine rings is 1. The number of para-hydroxylation sites is 1. The minimum atomic E-state index is -0.108. The highest BCUT2D eigenvalue weighted by Gasteiger charge is 2.23. The lowest BCUT2D eigenvalue weighted by atomic mass is 10.0. The molecule has 5 nitrogen and oxygen atoms in total. The van der Waals surface area contributed by atoms with Crippen molar-refractivity contribution in [3.63, 3.8) is 0 Å². The Hall–Kier alpha value is -1.88. The van der Waals surface area contributed by atoms with Gasteiger partial charge in [-0.1, -0.05) is 26.0 Å². The van der Waals surface area contributed by atoms with E-state index in [1.807, 2.05) is 26.0 Å². The van der Waals surface area contributed by atoms with E-state index in [2.05, 4.69) is 29.4 Å².